The zero-order valence-corrected chi connectivity index (χ0v) is 23.7. The van der Waals surface area contributed by atoms with E-state index in [9.17, 15) is 9.59 Å². The molecule has 42 heavy (non-hydrogen) atoms. The largest absolute Gasteiger partial charge is 0.463 e. The lowest BCUT2D eigenvalue weighted by atomic mass is 9.80. The Morgan fingerprint density at radius 2 is 1.69 bits per heavy atom. The Morgan fingerprint density at radius 3 is 2.43 bits per heavy atom. The highest BCUT2D eigenvalue weighted by Gasteiger charge is 2.27. The van der Waals surface area contributed by atoms with E-state index < -0.39 is 11.9 Å². The van der Waals surface area contributed by atoms with Crippen molar-refractivity contribution in [2.45, 2.75) is 13.3 Å². The van der Waals surface area contributed by atoms with Gasteiger partial charge in [0.25, 0.3) is 0 Å². The van der Waals surface area contributed by atoms with Crippen LogP contribution in [0.15, 0.2) is 134 Å². The molecule has 0 amide bonds. The van der Waals surface area contributed by atoms with Gasteiger partial charge in [-0.25, -0.2) is 9.59 Å². The smallest absolute Gasteiger partial charge is 0.338 e. The van der Waals surface area contributed by atoms with Crippen LogP contribution in [-0.2, 0) is 20.7 Å². The van der Waals surface area contributed by atoms with Crippen LogP contribution in [0.3, 0.4) is 0 Å². The van der Waals surface area contributed by atoms with E-state index >= 15 is 0 Å². The van der Waals surface area contributed by atoms with Crippen LogP contribution in [0.4, 0.5) is 11.4 Å². The molecule has 2 bridgehead atoms. The molecule has 0 N–H and O–H groups in total. The van der Waals surface area contributed by atoms with Gasteiger partial charge in [-0.05, 0) is 66.4 Å². The number of ether oxygens (including phenoxy) is 2. The molecular formula is C37H33NO4. The van der Waals surface area contributed by atoms with Crippen LogP contribution < -0.4 is 4.90 Å². The molecule has 0 aliphatic heterocycles. The van der Waals surface area contributed by atoms with Gasteiger partial charge in [0.05, 0.1) is 23.4 Å². The van der Waals surface area contributed by atoms with Crippen molar-refractivity contribution < 1.29 is 19.1 Å². The summed E-state index contributed by atoms with van der Waals surface area (Å²) >= 11 is 0. The van der Waals surface area contributed by atoms with Crippen molar-refractivity contribution in [1.29, 1.82) is 0 Å². The molecule has 3 aromatic carbocycles. The maximum atomic E-state index is 12.7. The van der Waals surface area contributed by atoms with Crippen molar-refractivity contribution >= 4 is 34.6 Å². The van der Waals surface area contributed by atoms with Crippen molar-refractivity contribution in [3.8, 4) is 0 Å². The molecule has 2 aliphatic rings. The Labute approximate surface area is 247 Å². The second kappa shape index (κ2) is 13.0. The van der Waals surface area contributed by atoms with Crippen molar-refractivity contribution in [3.63, 3.8) is 0 Å². The van der Waals surface area contributed by atoms with Gasteiger partial charge in [0.1, 0.15) is 6.61 Å². The third kappa shape index (κ3) is 6.11. The van der Waals surface area contributed by atoms with E-state index in [0.717, 1.165) is 29.1 Å². The maximum Gasteiger partial charge on any atom is 0.338 e. The van der Waals surface area contributed by atoms with Crippen LogP contribution in [0.1, 0.15) is 34.0 Å². The summed E-state index contributed by atoms with van der Waals surface area (Å²) < 4.78 is 10.2. The Morgan fingerprint density at radius 1 is 0.952 bits per heavy atom. The van der Waals surface area contributed by atoms with E-state index in [4.69, 9.17) is 9.47 Å². The number of allylic oxidation sites excluding steroid dienone is 8. The minimum atomic E-state index is -0.574. The van der Waals surface area contributed by atoms with E-state index in [1.54, 1.807) is 25.1 Å². The Hall–Kier alpha value is -5.16. The average Bonchev–Trinajstić information content (AvgIpc) is 3.01. The zero-order chi connectivity index (χ0) is 29.5. The Balaban J connectivity index is 1.50. The number of para-hydroxylation sites is 1. The number of esters is 2. The highest BCUT2D eigenvalue weighted by molar-refractivity contribution is 5.95. The van der Waals surface area contributed by atoms with Crippen LogP contribution in [0.5, 0.6) is 0 Å². The highest BCUT2D eigenvalue weighted by Crippen LogP contribution is 2.42. The molecule has 0 saturated carbocycles. The molecule has 0 aromatic heterocycles. The van der Waals surface area contributed by atoms with E-state index in [2.05, 4.69) is 78.8 Å². The van der Waals surface area contributed by atoms with E-state index in [1.165, 1.54) is 16.7 Å². The number of fused-ring (bicyclic) bond motifs is 1. The zero-order valence-electron chi connectivity index (χ0n) is 23.7. The lowest BCUT2D eigenvalue weighted by Gasteiger charge is -2.34. The number of nitrogens with zero attached hydrogens (tertiary/aromatic N) is 1. The predicted molar refractivity (Wildman–Crippen MR) is 169 cm³/mol. The van der Waals surface area contributed by atoms with E-state index in [1.807, 2.05) is 36.4 Å². The van der Waals surface area contributed by atoms with Crippen LogP contribution in [0.2, 0.25) is 0 Å². The molecule has 2 aliphatic carbocycles. The summed E-state index contributed by atoms with van der Waals surface area (Å²) in [7, 11) is 0. The molecule has 0 heterocycles. The summed E-state index contributed by atoms with van der Waals surface area (Å²) in [4.78, 5) is 26.8. The third-order valence-electron chi connectivity index (χ3n) is 7.18. The Kier molecular flexibility index (Phi) is 8.78. The summed E-state index contributed by atoms with van der Waals surface area (Å²) in [5.74, 6) is -0.886. The van der Waals surface area contributed by atoms with Crippen molar-refractivity contribution in [2.75, 3.05) is 18.1 Å². The molecule has 0 spiro atoms. The quantitative estimate of drug-likeness (QED) is 0.144. The van der Waals surface area contributed by atoms with E-state index in [0.29, 0.717) is 5.56 Å². The number of carbonyl (C=O) groups is 2. The standard InChI is InChI=1S/C37H33NO4/c1-4-6-13-28-14-10-12-27-23-34-32(28)17-11-18-33(34)35(24-27)38(30-15-8-7-9-16-30)31-21-19-29(20-22-31)37(40)42-25-26(3)36(39)41-5-2/h4,6-22,24,27H,1,3,5,23,25H2,2H3/b12-10+,13-6-,28-14-. The van der Waals surface area contributed by atoms with Gasteiger partial charge in [-0.1, -0.05) is 92.1 Å². The van der Waals surface area contributed by atoms with Crippen LogP contribution in [0, 0.1) is 5.92 Å². The van der Waals surface area contributed by atoms with Crippen molar-refractivity contribution in [2.24, 2.45) is 5.92 Å². The normalized spacial score (nSPS) is 17.1. The first kappa shape index (κ1) is 28.4. The first-order valence-corrected chi connectivity index (χ1v) is 14.0. The van der Waals surface area contributed by atoms with Crippen molar-refractivity contribution in [1.82, 2.24) is 0 Å². The molecule has 1 unspecified atom stereocenters. The van der Waals surface area contributed by atoms with Gasteiger partial charge in [0.15, 0.2) is 0 Å². The first-order chi connectivity index (χ1) is 20.5. The average molecular weight is 556 g/mol. The number of hydrogen-bond acceptors (Lipinski definition) is 5. The molecule has 1 atom stereocenters. The molecule has 5 nitrogen and oxygen atoms in total. The molecule has 3 aromatic rings. The molecule has 0 saturated heterocycles. The monoisotopic (exact) mass is 555 g/mol. The lowest BCUT2D eigenvalue weighted by molar-refractivity contribution is -0.138. The molecule has 0 fully saturated rings. The van der Waals surface area contributed by atoms with Crippen molar-refractivity contribution in [3.05, 3.63) is 156 Å². The lowest BCUT2D eigenvalue weighted by Crippen LogP contribution is -2.22. The minimum absolute atomic E-state index is 0.0918. The van der Waals surface area contributed by atoms with Gasteiger partial charge in [0, 0.05) is 22.9 Å². The summed E-state index contributed by atoms with van der Waals surface area (Å²) in [5, 5.41) is 0. The number of benzene rings is 3. The predicted octanol–water partition coefficient (Wildman–Crippen LogP) is 8.01. The second-order valence-corrected chi connectivity index (χ2v) is 9.97. The van der Waals surface area contributed by atoms with Gasteiger partial charge in [-0.3, -0.25) is 0 Å². The fourth-order valence-electron chi connectivity index (χ4n) is 5.21. The molecule has 5 rings (SSSR count). The van der Waals surface area contributed by atoms with Crippen LogP contribution in [0.25, 0.3) is 11.3 Å². The van der Waals surface area contributed by atoms with Gasteiger partial charge < -0.3 is 14.4 Å². The number of rotatable bonds is 10. The Bertz CT molecular complexity index is 1620. The summed E-state index contributed by atoms with van der Waals surface area (Å²) in [6.07, 6.45) is 15.6. The SMILES string of the molecule is C=C\C=C/C1=C/C=C/C2C=C(N(c3ccccc3)c3ccc(C(=O)OCC(=C)C(=O)OCC)cc3)c3cccc1c3C2. The number of hydrogen-bond donors (Lipinski definition) is 0. The first-order valence-electron chi connectivity index (χ1n) is 14.0. The maximum absolute atomic E-state index is 12.7. The fourth-order valence-corrected chi connectivity index (χ4v) is 5.21. The summed E-state index contributed by atoms with van der Waals surface area (Å²) in [6.45, 7) is 9.20. The number of anilines is 2. The molecule has 210 valence electrons. The van der Waals surface area contributed by atoms with Crippen LogP contribution >= 0.6 is 0 Å². The van der Waals surface area contributed by atoms with Gasteiger partial charge in [0.2, 0.25) is 0 Å². The topological polar surface area (TPSA) is 55.8 Å². The summed E-state index contributed by atoms with van der Waals surface area (Å²) in [5.41, 5.74) is 8.27. The minimum Gasteiger partial charge on any atom is -0.463 e. The van der Waals surface area contributed by atoms with E-state index in [-0.39, 0.29) is 24.7 Å². The number of carbonyl (C=O) groups excluding carboxylic acids is 2. The van der Waals surface area contributed by atoms with Gasteiger partial charge in [-0.15, -0.1) is 0 Å². The second-order valence-electron chi connectivity index (χ2n) is 9.97. The summed E-state index contributed by atoms with van der Waals surface area (Å²) in [6, 6.07) is 24.0. The highest BCUT2D eigenvalue weighted by atomic mass is 16.5. The fraction of sp³-hybridized carbons (Fsp3) is 0.135. The van der Waals surface area contributed by atoms with Crippen LogP contribution in [-0.4, -0.2) is 25.2 Å². The molecule has 0 radical (unpaired) electrons. The molecule has 5 heteroatoms. The molecular weight excluding hydrogens is 522 g/mol. The van der Waals surface area contributed by atoms with Gasteiger partial charge >= 0.3 is 11.9 Å². The third-order valence-corrected chi connectivity index (χ3v) is 7.18. The van der Waals surface area contributed by atoms with Gasteiger partial charge in [-0.2, -0.15) is 0 Å².